The van der Waals surface area contributed by atoms with Crippen LogP contribution in [0.15, 0.2) is 53.4 Å². The molecule has 0 aliphatic carbocycles. The van der Waals surface area contributed by atoms with Gasteiger partial charge in [0.2, 0.25) is 0 Å². The van der Waals surface area contributed by atoms with E-state index in [1.807, 2.05) is 0 Å². The zero-order valence-electron chi connectivity index (χ0n) is 12.5. The van der Waals surface area contributed by atoms with Gasteiger partial charge in [-0.25, -0.2) is 4.68 Å². The Bertz CT molecular complexity index is 867. The Morgan fingerprint density at radius 3 is 2.67 bits per heavy atom. The van der Waals surface area contributed by atoms with E-state index in [0.29, 0.717) is 11.3 Å². The van der Waals surface area contributed by atoms with E-state index in [2.05, 4.69) is 10.4 Å². The predicted octanol–water partition coefficient (Wildman–Crippen LogP) is 4.04. The molecular formula is C16H12F3N3O2. The Hall–Kier alpha value is -3.03. The molecule has 0 spiro atoms. The van der Waals surface area contributed by atoms with Gasteiger partial charge in [-0.3, -0.25) is 4.79 Å². The van der Waals surface area contributed by atoms with Crippen LogP contribution in [0, 0.1) is 6.92 Å². The Morgan fingerprint density at radius 2 is 2.08 bits per heavy atom. The van der Waals surface area contributed by atoms with E-state index in [-0.39, 0.29) is 11.4 Å². The van der Waals surface area contributed by atoms with Crippen LogP contribution >= 0.6 is 0 Å². The van der Waals surface area contributed by atoms with Crippen LogP contribution in [-0.4, -0.2) is 15.7 Å². The van der Waals surface area contributed by atoms with Crippen LogP contribution in [0.5, 0.6) is 0 Å². The molecule has 24 heavy (non-hydrogen) atoms. The summed E-state index contributed by atoms with van der Waals surface area (Å²) in [5.41, 5.74) is 0.00451. The van der Waals surface area contributed by atoms with Crippen molar-refractivity contribution >= 4 is 11.6 Å². The Morgan fingerprint density at radius 1 is 1.29 bits per heavy atom. The molecule has 0 saturated carbocycles. The van der Waals surface area contributed by atoms with Gasteiger partial charge in [-0.05, 0) is 37.3 Å². The molecule has 3 rings (SSSR count). The third kappa shape index (κ3) is 3.03. The first kappa shape index (κ1) is 15.9. The number of halogens is 3. The van der Waals surface area contributed by atoms with Gasteiger partial charge in [0.05, 0.1) is 23.2 Å². The maximum Gasteiger partial charge on any atom is 0.416 e. The number of nitrogens with zero attached hydrogens (tertiary/aromatic N) is 2. The van der Waals surface area contributed by atoms with Crippen LogP contribution in [0.4, 0.5) is 18.9 Å². The van der Waals surface area contributed by atoms with Gasteiger partial charge in [0.25, 0.3) is 5.91 Å². The minimum atomic E-state index is -4.53. The summed E-state index contributed by atoms with van der Waals surface area (Å²) < 4.78 is 45.3. The molecule has 5 nitrogen and oxygen atoms in total. The zero-order valence-corrected chi connectivity index (χ0v) is 12.5. The number of anilines is 1. The molecule has 0 aliphatic heterocycles. The van der Waals surface area contributed by atoms with Crippen LogP contribution < -0.4 is 5.32 Å². The lowest BCUT2D eigenvalue weighted by Crippen LogP contribution is -2.16. The van der Waals surface area contributed by atoms with E-state index in [4.69, 9.17) is 4.42 Å². The topological polar surface area (TPSA) is 60.1 Å². The molecular weight excluding hydrogens is 323 g/mol. The normalized spacial score (nSPS) is 11.5. The number of aryl methyl sites for hydroxylation is 1. The SMILES string of the molecule is Cc1ccoc1C(=O)Nc1cc(C(F)(F)F)ccc1-n1cccn1. The summed E-state index contributed by atoms with van der Waals surface area (Å²) >= 11 is 0. The van der Waals surface area contributed by atoms with Crippen molar-refractivity contribution in [3.8, 4) is 5.69 Å². The number of amides is 1. The zero-order chi connectivity index (χ0) is 17.3. The second-order valence-electron chi connectivity index (χ2n) is 5.07. The fraction of sp³-hybridized carbons (Fsp3) is 0.125. The second-order valence-corrected chi connectivity index (χ2v) is 5.07. The predicted molar refractivity (Wildman–Crippen MR) is 80.0 cm³/mol. The Kier molecular flexibility index (Phi) is 3.88. The average Bonchev–Trinajstić information content (AvgIpc) is 3.17. The number of alkyl halides is 3. The van der Waals surface area contributed by atoms with E-state index in [9.17, 15) is 18.0 Å². The minimum absolute atomic E-state index is 0.0191. The largest absolute Gasteiger partial charge is 0.459 e. The van der Waals surface area contributed by atoms with Gasteiger partial charge in [-0.15, -0.1) is 0 Å². The summed E-state index contributed by atoms with van der Waals surface area (Å²) in [7, 11) is 0. The molecule has 0 radical (unpaired) electrons. The maximum atomic E-state index is 13.0. The van der Waals surface area contributed by atoms with Gasteiger partial charge >= 0.3 is 6.18 Å². The summed E-state index contributed by atoms with van der Waals surface area (Å²) in [6, 6.07) is 6.27. The van der Waals surface area contributed by atoms with E-state index in [1.165, 1.54) is 23.2 Å². The van der Waals surface area contributed by atoms with E-state index < -0.39 is 17.6 Å². The van der Waals surface area contributed by atoms with Gasteiger partial charge in [0.1, 0.15) is 0 Å². The molecule has 0 fully saturated rings. The Balaban J connectivity index is 2.03. The molecule has 2 aromatic heterocycles. The van der Waals surface area contributed by atoms with Crippen molar-refractivity contribution in [2.24, 2.45) is 0 Å². The van der Waals surface area contributed by atoms with Gasteiger partial charge in [-0.1, -0.05) is 0 Å². The first-order valence-corrected chi connectivity index (χ1v) is 6.93. The molecule has 8 heteroatoms. The highest BCUT2D eigenvalue weighted by molar-refractivity contribution is 6.04. The van der Waals surface area contributed by atoms with Crippen LogP contribution in [0.3, 0.4) is 0 Å². The van der Waals surface area contributed by atoms with E-state index >= 15 is 0 Å². The number of hydrogen-bond acceptors (Lipinski definition) is 3. The van der Waals surface area contributed by atoms with Gasteiger partial charge in [0.15, 0.2) is 5.76 Å². The smallest absolute Gasteiger partial charge is 0.416 e. The van der Waals surface area contributed by atoms with Crippen molar-refractivity contribution in [1.29, 1.82) is 0 Å². The third-order valence-corrected chi connectivity index (χ3v) is 3.39. The molecule has 0 unspecified atom stereocenters. The number of nitrogens with one attached hydrogen (secondary N) is 1. The molecule has 1 N–H and O–H groups in total. The summed E-state index contributed by atoms with van der Waals surface area (Å²) in [4.78, 5) is 12.3. The maximum absolute atomic E-state index is 13.0. The Labute approximate surface area is 134 Å². The molecule has 1 amide bonds. The van der Waals surface area contributed by atoms with E-state index in [1.54, 1.807) is 25.3 Å². The minimum Gasteiger partial charge on any atom is -0.459 e. The molecule has 1 aromatic carbocycles. The molecule has 0 saturated heterocycles. The number of aromatic nitrogens is 2. The van der Waals surface area contributed by atoms with Crippen LogP contribution in [0.25, 0.3) is 5.69 Å². The summed E-state index contributed by atoms with van der Waals surface area (Å²) in [5, 5.41) is 6.45. The van der Waals surface area contributed by atoms with Crippen molar-refractivity contribution in [3.05, 3.63) is 65.9 Å². The lowest BCUT2D eigenvalue weighted by Gasteiger charge is -2.14. The lowest BCUT2D eigenvalue weighted by molar-refractivity contribution is -0.137. The standard InChI is InChI=1S/C16H12F3N3O2/c1-10-5-8-24-14(10)15(23)21-12-9-11(16(17,18)19)3-4-13(12)22-7-2-6-20-22/h2-9H,1H3,(H,21,23). The highest BCUT2D eigenvalue weighted by Gasteiger charge is 2.31. The molecule has 0 bridgehead atoms. The number of carbonyl (C=O) groups is 1. The van der Waals surface area contributed by atoms with Crippen molar-refractivity contribution < 1.29 is 22.4 Å². The van der Waals surface area contributed by atoms with Crippen molar-refractivity contribution in [2.45, 2.75) is 13.1 Å². The fourth-order valence-corrected chi connectivity index (χ4v) is 2.21. The van der Waals surface area contributed by atoms with Crippen molar-refractivity contribution in [3.63, 3.8) is 0 Å². The number of benzene rings is 1. The van der Waals surface area contributed by atoms with Crippen LogP contribution in [0.1, 0.15) is 21.7 Å². The number of rotatable bonds is 3. The molecule has 3 aromatic rings. The summed E-state index contributed by atoms with van der Waals surface area (Å²) in [6.45, 7) is 1.67. The van der Waals surface area contributed by atoms with Crippen molar-refractivity contribution in [2.75, 3.05) is 5.32 Å². The fourth-order valence-electron chi connectivity index (χ4n) is 2.21. The van der Waals surface area contributed by atoms with E-state index in [0.717, 1.165) is 12.1 Å². The third-order valence-electron chi connectivity index (χ3n) is 3.39. The molecule has 124 valence electrons. The second kappa shape index (κ2) is 5.88. The van der Waals surface area contributed by atoms with Gasteiger partial charge in [-0.2, -0.15) is 18.3 Å². The quantitative estimate of drug-likeness (QED) is 0.786. The number of furan rings is 1. The number of hydrogen-bond donors (Lipinski definition) is 1. The van der Waals surface area contributed by atoms with Crippen molar-refractivity contribution in [1.82, 2.24) is 9.78 Å². The molecule has 0 aliphatic rings. The van der Waals surface area contributed by atoms with Crippen LogP contribution in [-0.2, 0) is 6.18 Å². The summed E-state index contributed by atoms with van der Waals surface area (Å²) in [5.74, 6) is -0.593. The lowest BCUT2D eigenvalue weighted by atomic mass is 10.1. The monoisotopic (exact) mass is 335 g/mol. The molecule has 2 heterocycles. The number of carbonyl (C=O) groups excluding carboxylic acids is 1. The highest BCUT2D eigenvalue weighted by atomic mass is 19.4. The highest BCUT2D eigenvalue weighted by Crippen LogP contribution is 2.33. The first-order valence-electron chi connectivity index (χ1n) is 6.93. The first-order chi connectivity index (χ1) is 11.4. The van der Waals surface area contributed by atoms with Gasteiger partial charge in [0, 0.05) is 18.0 Å². The average molecular weight is 335 g/mol. The van der Waals surface area contributed by atoms with Gasteiger partial charge < -0.3 is 9.73 Å². The molecule has 0 atom stereocenters. The van der Waals surface area contributed by atoms with Crippen LogP contribution in [0.2, 0.25) is 0 Å². The summed E-state index contributed by atoms with van der Waals surface area (Å²) in [6.07, 6.45) is -0.135.